The van der Waals surface area contributed by atoms with Crippen LogP contribution in [0.1, 0.15) is 51.4 Å². The Hall–Kier alpha value is -2.57. The van der Waals surface area contributed by atoms with Crippen LogP contribution in [0, 0.1) is 0 Å². The van der Waals surface area contributed by atoms with Gasteiger partial charge in [0, 0.05) is 22.3 Å². The van der Waals surface area contributed by atoms with Gasteiger partial charge in [0.15, 0.2) is 5.82 Å². The Balaban J connectivity index is 1.79. The highest BCUT2D eigenvalue weighted by Gasteiger charge is 2.44. The third-order valence-corrected chi connectivity index (χ3v) is 6.29. The summed E-state index contributed by atoms with van der Waals surface area (Å²) < 4.78 is 1.86. The molecule has 0 amide bonds. The number of rotatable bonds is 8. The summed E-state index contributed by atoms with van der Waals surface area (Å²) in [5.41, 5.74) is 8.17. The molecule has 2 aromatic heterocycles. The number of aromatic nitrogens is 3. The summed E-state index contributed by atoms with van der Waals surface area (Å²) >= 11 is 6.24. The lowest BCUT2D eigenvalue weighted by Gasteiger charge is -2.32. The average molecular weight is 426 g/mol. The number of halogens is 1. The van der Waals surface area contributed by atoms with Gasteiger partial charge in [-0.2, -0.15) is 0 Å². The molecule has 7 heteroatoms. The van der Waals surface area contributed by atoms with E-state index in [1.807, 2.05) is 42.2 Å². The van der Waals surface area contributed by atoms with Gasteiger partial charge in [-0.15, -0.1) is 0 Å². The minimum atomic E-state index is -0.0689. The Kier molecular flexibility index (Phi) is 5.71. The van der Waals surface area contributed by atoms with Crippen molar-refractivity contribution in [2.45, 2.75) is 52.0 Å². The van der Waals surface area contributed by atoms with Crippen LogP contribution in [-0.2, 0) is 16.8 Å². The van der Waals surface area contributed by atoms with E-state index in [1.165, 1.54) is 5.56 Å². The number of hydrogen-bond donors (Lipinski definition) is 1. The second-order valence-corrected chi connectivity index (χ2v) is 8.07. The van der Waals surface area contributed by atoms with Gasteiger partial charge < -0.3 is 4.90 Å². The van der Waals surface area contributed by atoms with Crippen LogP contribution in [0.5, 0.6) is 0 Å². The van der Waals surface area contributed by atoms with E-state index in [4.69, 9.17) is 21.4 Å². The van der Waals surface area contributed by atoms with Gasteiger partial charge in [0.1, 0.15) is 0 Å². The molecule has 1 aliphatic heterocycles. The Morgan fingerprint density at radius 1 is 1.23 bits per heavy atom. The second-order valence-electron chi connectivity index (χ2n) is 7.63. The van der Waals surface area contributed by atoms with Crippen LogP contribution in [0.15, 0.2) is 48.9 Å². The maximum atomic E-state index is 6.24. The lowest BCUT2D eigenvalue weighted by atomic mass is 9.74. The summed E-state index contributed by atoms with van der Waals surface area (Å²) in [5, 5.41) is 0.654. The highest BCUT2D eigenvalue weighted by molar-refractivity contribution is 6.31. The van der Waals surface area contributed by atoms with Crippen molar-refractivity contribution in [3.8, 4) is 0 Å². The molecule has 0 saturated heterocycles. The smallest absolute Gasteiger partial charge is 0.150 e. The van der Waals surface area contributed by atoms with Crippen molar-refractivity contribution in [3.63, 3.8) is 0 Å². The van der Waals surface area contributed by atoms with Crippen molar-refractivity contribution in [2.75, 3.05) is 17.1 Å². The molecule has 1 aliphatic rings. The van der Waals surface area contributed by atoms with E-state index in [2.05, 4.69) is 42.0 Å². The van der Waals surface area contributed by atoms with Gasteiger partial charge in [-0.3, -0.25) is 9.82 Å². The van der Waals surface area contributed by atoms with Crippen LogP contribution in [0.25, 0.3) is 11.0 Å². The molecule has 0 radical (unpaired) electrons. The van der Waals surface area contributed by atoms with Crippen LogP contribution in [0.3, 0.4) is 0 Å². The molecular weight excluding hydrogens is 398 g/mol. The fraction of sp³-hybridized carbons (Fsp3) is 0.391. The standard InChI is InChI=1S/C23H28ClN5O/c1-5-11-23(6-2)16(4)28(21-14-25-12-10-18(21)23)15-22-26-19-9-8-17(24)13-20(19)29(22)27-30-7-3/h8-10,12-14,27H,4-7,11,15H2,1-3H3. The van der Waals surface area contributed by atoms with E-state index in [0.29, 0.717) is 18.2 Å². The topological polar surface area (TPSA) is 55.2 Å². The molecule has 3 heterocycles. The predicted molar refractivity (Wildman–Crippen MR) is 122 cm³/mol. The lowest BCUT2D eigenvalue weighted by Crippen LogP contribution is -2.31. The van der Waals surface area contributed by atoms with Crippen molar-refractivity contribution < 1.29 is 4.84 Å². The fourth-order valence-electron chi connectivity index (χ4n) is 4.60. The van der Waals surface area contributed by atoms with Crippen LogP contribution < -0.4 is 10.5 Å². The first-order valence-corrected chi connectivity index (χ1v) is 10.9. The fourth-order valence-corrected chi connectivity index (χ4v) is 4.77. The van der Waals surface area contributed by atoms with Gasteiger partial charge in [0.25, 0.3) is 0 Å². The van der Waals surface area contributed by atoms with Gasteiger partial charge in [-0.25, -0.2) is 15.2 Å². The summed E-state index contributed by atoms with van der Waals surface area (Å²) in [7, 11) is 0. The highest BCUT2D eigenvalue weighted by Crippen LogP contribution is 2.52. The third kappa shape index (κ3) is 3.24. The first-order chi connectivity index (χ1) is 14.6. The molecule has 1 atom stereocenters. The molecule has 0 bridgehead atoms. The molecule has 0 saturated carbocycles. The third-order valence-electron chi connectivity index (χ3n) is 6.05. The summed E-state index contributed by atoms with van der Waals surface area (Å²) in [5.74, 6) is 0.820. The SMILES string of the molecule is C=C1N(Cc2nc3ccc(Cl)cc3n2NOCC)c2cnccc2C1(CC)CCC. The largest absolute Gasteiger partial charge is 0.336 e. The van der Waals surface area contributed by atoms with E-state index in [9.17, 15) is 0 Å². The van der Waals surface area contributed by atoms with Crippen molar-refractivity contribution in [1.82, 2.24) is 14.6 Å². The molecule has 0 aliphatic carbocycles. The lowest BCUT2D eigenvalue weighted by molar-refractivity contribution is 0.168. The molecule has 1 aromatic carbocycles. The summed E-state index contributed by atoms with van der Waals surface area (Å²) in [6.45, 7) is 12.0. The summed E-state index contributed by atoms with van der Waals surface area (Å²) in [6.07, 6.45) is 6.96. The number of fused-ring (bicyclic) bond motifs is 2. The van der Waals surface area contributed by atoms with Crippen LogP contribution in [0.2, 0.25) is 5.02 Å². The molecule has 6 nitrogen and oxygen atoms in total. The number of nitrogens with zero attached hydrogens (tertiary/aromatic N) is 4. The van der Waals surface area contributed by atoms with Gasteiger partial charge in [-0.05, 0) is 49.6 Å². The number of pyridine rings is 1. The molecule has 1 unspecified atom stereocenters. The van der Waals surface area contributed by atoms with Crippen LogP contribution in [-0.4, -0.2) is 21.3 Å². The van der Waals surface area contributed by atoms with Crippen LogP contribution >= 0.6 is 11.6 Å². The molecule has 4 rings (SSSR count). The molecular formula is C23H28ClN5O. The van der Waals surface area contributed by atoms with Crippen molar-refractivity contribution in [1.29, 1.82) is 0 Å². The summed E-state index contributed by atoms with van der Waals surface area (Å²) in [6, 6.07) is 7.80. The van der Waals surface area contributed by atoms with E-state index >= 15 is 0 Å². The zero-order valence-electron chi connectivity index (χ0n) is 17.8. The normalized spacial score (nSPS) is 18.3. The number of benzene rings is 1. The quantitative estimate of drug-likeness (QED) is 0.478. The number of anilines is 1. The van der Waals surface area contributed by atoms with E-state index in [0.717, 1.165) is 47.5 Å². The molecule has 158 valence electrons. The van der Waals surface area contributed by atoms with E-state index in [1.54, 1.807) is 0 Å². The molecule has 0 spiro atoms. The van der Waals surface area contributed by atoms with Gasteiger partial charge in [0.2, 0.25) is 0 Å². The minimum Gasteiger partial charge on any atom is -0.336 e. The maximum absolute atomic E-state index is 6.24. The number of hydrogen-bond acceptors (Lipinski definition) is 5. The summed E-state index contributed by atoms with van der Waals surface area (Å²) in [4.78, 5) is 17.0. The number of imidazole rings is 1. The maximum Gasteiger partial charge on any atom is 0.150 e. The zero-order valence-corrected chi connectivity index (χ0v) is 18.5. The van der Waals surface area contributed by atoms with E-state index in [-0.39, 0.29) is 5.41 Å². The van der Waals surface area contributed by atoms with Gasteiger partial charge in [0.05, 0.1) is 36.1 Å². The van der Waals surface area contributed by atoms with Crippen molar-refractivity contribution in [3.05, 3.63) is 65.3 Å². The second kappa shape index (κ2) is 8.28. The van der Waals surface area contributed by atoms with Gasteiger partial charge >= 0.3 is 0 Å². The molecule has 3 aromatic rings. The first-order valence-electron chi connectivity index (χ1n) is 10.5. The monoisotopic (exact) mass is 425 g/mol. The van der Waals surface area contributed by atoms with Gasteiger partial charge in [-0.1, -0.05) is 38.4 Å². The highest BCUT2D eigenvalue weighted by atomic mass is 35.5. The van der Waals surface area contributed by atoms with Crippen molar-refractivity contribution in [2.24, 2.45) is 0 Å². The minimum absolute atomic E-state index is 0.0689. The molecule has 30 heavy (non-hydrogen) atoms. The first kappa shape index (κ1) is 20.7. The Morgan fingerprint density at radius 2 is 2.07 bits per heavy atom. The Morgan fingerprint density at radius 3 is 2.80 bits per heavy atom. The molecule has 0 fully saturated rings. The van der Waals surface area contributed by atoms with Crippen molar-refractivity contribution >= 4 is 28.3 Å². The predicted octanol–water partition coefficient (Wildman–Crippen LogP) is 5.56. The molecule has 1 N–H and O–H groups in total. The Labute approximate surface area is 182 Å². The zero-order chi connectivity index (χ0) is 21.3. The number of nitrogens with one attached hydrogen (secondary N) is 1. The van der Waals surface area contributed by atoms with Crippen LogP contribution in [0.4, 0.5) is 5.69 Å². The Bertz CT molecular complexity index is 1080. The van der Waals surface area contributed by atoms with E-state index < -0.39 is 0 Å². The average Bonchev–Trinajstić information content (AvgIpc) is 3.20. The number of allylic oxidation sites excluding steroid dienone is 1.